The van der Waals surface area contributed by atoms with Crippen LogP contribution in [0.3, 0.4) is 0 Å². The molecule has 5 aromatic carbocycles. The van der Waals surface area contributed by atoms with Crippen LogP contribution in [0, 0.1) is 0 Å². The van der Waals surface area contributed by atoms with Gasteiger partial charge < -0.3 is 0 Å². The van der Waals surface area contributed by atoms with Crippen LogP contribution < -0.4 is 0 Å². The molecule has 0 amide bonds. The Morgan fingerprint density at radius 3 is 1.21 bits per heavy atom. The molecular weight excluding hydrogens is 336 g/mol. The van der Waals surface area contributed by atoms with Crippen LogP contribution in [0.1, 0.15) is 25.0 Å². The van der Waals surface area contributed by atoms with Gasteiger partial charge in [0.05, 0.1) is 0 Å². The number of benzene rings is 5. The van der Waals surface area contributed by atoms with E-state index in [2.05, 4.69) is 111 Å². The van der Waals surface area contributed by atoms with E-state index in [4.69, 9.17) is 0 Å². The molecule has 28 heavy (non-hydrogen) atoms. The molecule has 0 fully saturated rings. The summed E-state index contributed by atoms with van der Waals surface area (Å²) in [6.45, 7) is 4.12. The molecule has 0 saturated carbocycles. The van der Waals surface area contributed by atoms with Crippen molar-refractivity contribution in [2.45, 2.75) is 13.8 Å². The molecule has 0 bridgehead atoms. The van der Waals surface area contributed by atoms with Crippen LogP contribution in [0.2, 0.25) is 0 Å². The minimum absolute atomic E-state index is 1.25. The third-order valence-corrected chi connectivity index (χ3v) is 5.56. The molecule has 0 aliphatic heterocycles. The monoisotopic (exact) mass is 358 g/mol. The summed E-state index contributed by atoms with van der Waals surface area (Å²) in [7, 11) is 0. The maximum Gasteiger partial charge on any atom is -0.00990 e. The van der Waals surface area contributed by atoms with E-state index in [1.165, 1.54) is 54.2 Å². The van der Waals surface area contributed by atoms with Crippen LogP contribution in [0.25, 0.3) is 55.2 Å². The molecule has 0 heterocycles. The van der Waals surface area contributed by atoms with Crippen molar-refractivity contribution in [3.05, 3.63) is 96.1 Å². The zero-order valence-corrected chi connectivity index (χ0v) is 16.2. The molecule has 0 spiro atoms. The number of hydrogen-bond acceptors (Lipinski definition) is 0. The Kier molecular flexibility index (Phi) is 3.98. The number of allylic oxidation sites excluding steroid dienone is 2. The van der Waals surface area contributed by atoms with Crippen LogP contribution in [-0.2, 0) is 0 Å². The molecule has 5 aromatic rings. The van der Waals surface area contributed by atoms with Crippen molar-refractivity contribution in [2.24, 2.45) is 0 Å². The van der Waals surface area contributed by atoms with Gasteiger partial charge in [-0.15, -0.1) is 0 Å². The molecule has 0 aliphatic rings. The van der Waals surface area contributed by atoms with Crippen molar-refractivity contribution in [2.75, 3.05) is 0 Å². The van der Waals surface area contributed by atoms with Gasteiger partial charge in [0.15, 0.2) is 0 Å². The van der Waals surface area contributed by atoms with Gasteiger partial charge in [0.1, 0.15) is 0 Å². The maximum atomic E-state index is 2.35. The first kappa shape index (κ1) is 16.8. The summed E-state index contributed by atoms with van der Waals surface area (Å²) in [4.78, 5) is 0. The molecule has 0 aromatic heterocycles. The van der Waals surface area contributed by atoms with Gasteiger partial charge in [0, 0.05) is 0 Å². The maximum absolute atomic E-state index is 2.35. The van der Waals surface area contributed by atoms with Crippen molar-refractivity contribution in [3.63, 3.8) is 0 Å². The molecule has 0 unspecified atom stereocenters. The van der Waals surface area contributed by atoms with E-state index >= 15 is 0 Å². The van der Waals surface area contributed by atoms with E-state index in [0.717, 1.165) is 0 Å². The van der Waals surface area contributed by atoms with E-state index in [1.54, 1.807) is 0 Å². The van der Waals surface area contributed by atoms with E-state index in [0.29, 0.717) is 0 Å². The summed E-state index contributed by atoms with van der Waals surface area (Å²) in [5.41, 5.74) is 2.50. The van der Waals surface area contributed by atoms with Crippen molar-refractivity contribution >= 4 is 55.2 Å². The van der Waals surface area contributed by atoms with Gasteiger partial charge in [0.25, 0.3) is 0 Å². The van der Waals surface area contributed by atoms with Crippen LogP contribution >= 0.6 is 0 Å². The standard InChI is InChI=1S/C28H22/c1-3-5-19-7-13-25-21(15-19)9-11-23-18-28-24(17-27(23)25)12-10-22-16-20(6-4-2)8-14-26(22)28/h3-18H,1-2H3/b5-3+,6-4+. The van der Waals surface area contributed by atoms with Gasteiger partial charge in [-0.3, -0.25) is 0 Å². The van der Waals surface area contributed by atoms with Gasteiger partial charge in [-0.25, -0.2) is 0 Å². The molecule has 0 nitrogen and oxygen atoms in total. The summed E-state index contributed by atoms with van der Waals surface area (Å²) >= 11 is 0. The molecule has 0 N–H and O–H groups in total. The quantitative estimate of drug-likeness (QED) is 0.220. The first-order valence-electron chi connectivity index (χ1n) is 9.85. The van der Waals surface area contributed by atoms with Gasteiger partial charge in [-0.2, -0.15) is 0 Å². The molecular formula is C28H22. The lowest BCUT2D eigenvalue weighted by Crippen LogP contribution is -1.83. The summed E-state index contributed by atoms with van der Waals surface area (Å²) in [6, 6.07) is 27.1. The number of fused-ring (bicyclic) bond motifs is 6. The van der Waals surface area contributed by atoms with E-state index in [1.807, 2.05) is 0 Å². The fraction of sp³-hybridized carbons (Fsp3) is 0.0714. The Labute approximate surface area is 165 Å². The van der Waals surface area contributed by atoms with E-state index in [-0.39, 0.29) is 0 Å². The third kappa shape index (κ3) is 2.70. The Morgan fingerprint density at radius 2 is 0.821 bits per heavy atom. The second-order valence-electron chi connectivity index (χ2n) is 7.39. The molecule has 0 heteroatoms. The largest absolute Gasteiger partial charge is 0.0871 e. The Morgan fingerprint density at radius 1 is 0.429 bits per heavy atom. The SMILES string of the molecule is C/C=C/c1ccc2c(ccc3cc4c(ccc5cc(/C=C/C)ccc54)cc32)c1. The van der Waals surface area contributed by atoms with Gasteiger partial charge in [-0.1, -0.05) is 72.8 Å². The molecule has 0 saturated heterocycles. The predicted molar refractivity (Wildman–Crippen MR) is 126 cm³/mol. The topological polar surface area (TPSA) is 0 Å². The second-order valence-corrected chi connectivity index (χ2v) is 7.39. The minimum atomic E-state index is 1.25. The third-order valence-electron chi connectivity index (χ3n) is 5.56. The Hall–Kier alpha value is -3.38. The lowest BCUT2D eigenvalue weighted by Gasteiger charge is -2.10. The molecule has 0 atom stereocenters. The van der Waals surface area contributed by atoms with Gasteiger partial charge in [-0.05, 0) is 92.3 Å². The minimum Gasteiger partial charge on any atom is -0.0871 e. The van der Waals surface area contributed by atoms with Gasteiger partial charge in [0.2, 0.25) is 0 Å². The molecule has 5 rings (SSSR count). The Bertz CT molecular complexity index is 1300. The fourth-order valence-corrected chi connectivity index (χ4v) is 4.26. The Balaban J connectivity index is 1.80. The van der Waals surface area contributed by atoms with Crippen LogP contribution in [0.5, 0.6) is 0 Å². The number of rotatable bonds is 2. The predicted octanol–water partition coefficient (Wildman–Crippen LogP) is 8.37. The highest BCUT2D eigenvalue weighted by atomic mass is 14.1. The first-order chi connectivity index (χ1) is 13.8. The van der Waals surface area contributed by atoms with Crippen molar-refractivity contribution in [1.82, 2.24) is 0 Å². The highest BCUT2D eigenvalue weighted by Gasteiger charge is 2.06. The number of hydrogen-bond donors (Lipinski definition) is 0. The second kappa shape index (κ2) is 6.65. The normalized spacial score (nSPS) is 12.4. The first-order valence-corrected chi connectivity index (χ1v) is 9.85. The van der Waals surface area contributed by atoms with Gasteiger partial charge >= 0.3 is 0 Å². The summed E-state index contributed by atoms with van der Waals surface area (Å²) in [6.07, 6.45) is 8.47. The highest BCUT2D eigenvalue weighted by molar-refractivity contribution is 6.17. The van der Waals surface area contributed by atoms with Crippen LogP contribution in [0.15, 0.2) is 84.9 Å². The zero-order valence-electron chi connectivity index (χ0n) is 16.2. The molecule has 0 radical (unpaired) electrons. The van der Waals surface area contributed by atoms with Crippen LogP contribution in [0.4, 0.5) is 0 Å². The smallest absolute Gasteiger partial charge is 0.00990 e. The molecule has 134 valence electrons. The average molecular weight is 358 g/mol. The molecule has 0 aliphatic carbocycles. The lowest BCUT2D eigenvalue weighted by atomic mass is 9.94. The zero-order chi connectivity index (χ0) is 19.1. The summed E-state index contributed by atoms with van der Waals surface area (Å²) in [5, 5.41) is 10.4. The van der Waals surface area contributed by atoms with Crippen molar-refractivity contribution < 1.29 is 0 Å². The highest BCUT2D eigenvalue weighted by Crippen LogP contribution is 2.34. The van der Waals surface area contributed by atoms with Crippen molar-refractivity contribution in [1.29, 1.82) is 0 Å². The average Bonchev–Trinajstić information content (AvgIpc) is 2.72. The summed E-state index contributed by atoms with van der Waals surface area (Å²) in [5.74, 6) is 0. The summed E-state index contributed by atoms with van der Waals surface area (Å²) < 4.78 is 0. The van der Waals surface area contributed by atoms with Crippen LogP contribution in [-0.4, -0.2) is 0 Å². The van der Waals surface area contributed by atoms with E-state index < -0.39 is 0 Å². The van der Waals surface area contributed by atoms with E-state index in [9.17, 15) is 0 Å². The fourth-order valence-electron chi connectivity index (χ4n) is 4.26. The lowest BCUT2D eigenvalue weighted by molar-refractivity contribution is 1.69. The van der Waals surface area contributed by atoms with Crippen molar-refractivity contribution in [3.8, 4) is 0 Å².